The number of benzene rings is 2. The second-order valence-corrected chi connectivity index (χ2v) is 7.18. The fourth-order valence-electron chi connectivity index (χ4n) is 2.73. The van der Waals surface area contributed by atoms with E-state index in [0.717, 1.165) is 40.9 Å². The second kappa shape index (κ2) is 13.8. The molecule has 0 aliphatic rings. The van der Waals surface area contributed by atoms with Gasteiger partial charge in [-0.2, -0.15) is 5.26 Å². The summed E-state index contributed by atoms with van der Waals surface area (Å²) >= 11 is 0. The van der Waals surface area contributed by atoms with Crippen LogP contribution in [0.15, 0.2) is 76.6 Å². The zero-order valence-corrected chi connectivity index (χ0v) is 19.5. The van der Waals surface area contributed by atoms with E-state index in [2.05, 4.69) is 33.0 Å². The van der Waals surface area contributed by atoms with E-state index in [1.165, 1.54) is 37.7 Å². The van der Waals surface area contributed by atoms with Crippen LogP contribution in [-0.2, 0) is 13.5 Å². The number of carbonyl (C=O) groups excluding carboxylic acids is 1. The Morgan fingerprint density at radius 1 is 1.19 bits per heavy atom. The van der Waals surface area contributed by atoms with Gasteiger partial charge in [-0.1, -0.05) is 42.8 Å². The van der Waals surface area contributed by atoms with Gasteiger partial charge in [-0.25, -0.2) is 13.8 Å². The van der Waals surface area contributed by atoms with E-state index in [4.69, 9.17) is 5.26 Å². The van der Waals surface area contributed by atoms with Crippen LogP contribution < -0.4 is 10.9 Å². The van der Waals surface area contributed by atoms with Crippen molar-refractivity contribution in [1.29, 1.82) is 5.26 Å². The van der Waals surface area contributed by atoms with Gasteiger partial charge in [0.15, 0.2) is 5.69 Å². The topological polar surface area (TPSA) is 134 Å². The Morgan fingerprint density at radius 2 is 1.89 bits per heavy atom. The van der Waals surface area contributed by atoms with Crippen molar-refractivity contribution in [3.8, 4) is 11.8 Å². The molecule has 2 heterocycles. The number of nitrogens with one attached hydrogen (secondary N) is 1. The van der Waals surface area contributed by atoms with E-state index in [1.54, 1.807) is 0 Å². The Labute approximate surface area is 205 Å². The largest absolute Gasteiger partial charge is 0.501 e. The molecule has 4 aromatic rings. The first-order chi connectivity index (χ1) is 17.3. The fourth-order valence-corrected chi connectivity index (χ4v) is 2.73. The molecule has 1 amide bonds. The number of hydrogen-bond donors (Lipinski definition) is 2. The molecule has 0 aliphatic carbocycles. The van der Waals surface area contributed by atoms with Gasteiger partial charge in [0.1, 0.15) is 23.6 Å². The van der Waals surface area contributed by atoms with E-state index in [9.17, 15) is 23.5 Å². The number of amides is 1. The van der Waals surface area contributed by atoms with Crippen molar-refractivity contribution in [3.63, 3.8) is 0 Å². The van der Waals surface area contributed by atoms with Crippen LogP contribution in [0.2, 0.25) is 0 Å². The van der Waals surface area contributed by atoms with Crippen molar-refractivity contribution >= 4 is 11.6 Å². The minimum atomic E-state index is -0.719. The molecule has 0 saturated carbocycles. The first kappa shape index (κ1) is 27.4. The highest BCUT2D eigenvalue weighted by molar-refractivity contribution is 6.04. The van der Waals surface area contributed by atoms with Crippen LogP contribution >= 0.6 is 0 Å². The number of aromatic hydroxyl groups is 1. The molecule has 0 aliphatic heterocycles. The van der Waals surface area contributed by atoms with Crippen molar-refractivity contribution in [2.75, 3.05) is 5.32 Å². The van der Waals surface area contributed by atoms with Crippen LogP contribution in [0.4, 0.5) is 14.5 Å². The third kappa shape index (κ3) is 8.18. The maximum absolute atomic E-state index is 11.9. The molecule has 2 N–H and O–H groups in total. The molecule has 36 heavy (non-hydrogen) atoms. The third-order valence-electron chi connectivity index (χ3n) is 4.46. The van der Waals surface area contributed by atoms with Crippen LogP contribution in [0.3, 0.4) is 0 Å². The van der Waals surface area contributed by atoms with Gasteiger partial charge >= 0.3 is 0 Å². The predicted molar refractivity (Wildman–Crippen MR) is 127 cm³/mol. The number of nitriles is 1. The molecule has 2 aromatic heterocycles. The first-order valence-corrected chi connectivity index (χ1v) is 10.6. The molecule has 4 rings (SSSR count). The highest BCUT2D eigenvalue weighted by Crippen LogP contribution is 2.11. The average Bonchev–Trinajstić information content (AvgIpc) is 3.37. The Balaban J connectivity index is 0.000000206. The van der Waals surface area contributed by atoms with Gasteiger partial charge in [0.05, 0.1) is 24.2 Å². The summed E-state index contributed by atoms with van der Waals surface area (Å²) in [6, 6.07) is 14.5. The summed E-state index contributed by atoms with van der Waals surface area (Å²) in [7, 11) is 1.41. The molecule has 0 fully saturated rings. The lowest BCUT2D eigenvalue weighted by Crippen LogP contribution is -2.22. The van der Waals surface area contributed by atoms with Gasteiger partial charge in [0.25, 0.3) is 11.5 Å². The maximum atomic E-state index is 11.9. The van der Waals surface area contributed by atoms with Gasteiger partial charge in [-0.3, -0.25) is 14.2 Å². The summed E-state index contributed by atoms with van der Waals surface area (Å²) in [5.41, 5.74) is 1.23. The quantitative estimate of drug-likeness (QED) is 0.433. The number of hydrogen-bond acceptors (Lipinski definition) is 7. The minimum Gasteiger partial charge on any atom is -0.501 e. The van der Waals surface area contributed by atoms with Crippen molar-refractivity contribution in [1.82, 2.24) is 14.7 Å². The number of aromatic nitrogens is 3. The van der Waals surface area contributed by atoms with Crippen molar-refractivity contribution < 1.29 is 23.2 Å². The standard InChI is InChI=1S/C10H11N.C9H8N4O4.C6H4F2/c1-2-5-9-6-3-4-7-10(9)8-11;1-13-4-10-6(7(14)9(13)16)8(15)12-5-2-11-17-3-5;7-5-2-1-3-6(8)4-5/h3-4,6-7H,2,5H2,1H3;2-4,14H,1H3,(H,12,15);1-4H. The van der Waals surface area contributed by atoms with Crippen molar-refractivity contribution in [2.45, 2.75) is 19.8 Å². The third-order valence-corrected chi connectivity index (χ3v) is 4.46. The van der Waals surface area contributed by atoms with E-state index in [-0.39, 0.29) is 5.69 Å². The highest BCUT2D eigenvalue weighted by atomic mass is 19.1. The van der Waals surface area contributed by atoms with Crippen LogP contribution in [0.5, 0.6) is 5.75 Å². The predicted octanol–water partition coefficient (Wildman–Crippen LogP) is 4.20. The normalized spacial score (nSPS) is 9.64. The SMILES string of the molecule is CCCc1ccccc1C#N.Cn1cnc(C(=O)Nc2cnoc2)c(O)c1=O.Fc1cccc(F)c1. The maximum Gasteiger partial charge on any atom is 0.296 e. The fraction of sp³-hybridized carbons (Fsp3) is 0.160. The summed E-state index contributed by atoms with van der Waals surface area (Å²) in [5, 5.41) is 23.9. The monoisotopic (exact) mass is 495 g/mol. The Kier molecular flexibility index (Phi) is 10.5. The number of nitrogens with zero attached hydrogens (tertiary/aromatic N) is 4. The number of anilines is 1. The molecule has 11 heteroatoms. The summed E-state index contributed by atoms with van der Waals surface area (Å²) in [6.45, 7) is 2.12. The second-order valence-electron chi connectivity index (χ2n) is 7.18. The molecule has 2 aromatic carbocycles. The molecular weight excluding hydrogens is 472 g/mol. The summed E-state index contributed by atoms with van der Waals surface area (Å²) in [4.78, 5) is 26.7. The van der Waals surface area contributed by atoms with Gasteiger partial charge in [0.2, 0.25) is 5.75 Å². The summed E-state index contributed by atoms with van der Waals surface area (Å²) in [6.07, 6.45) is 5.72. The molecule has 0 radical (unpaired) electrons. The zero-order chi connectivity index (χ0) is 26.5. The average molecular weight is 495 g/mol. The zero-order valence-electron chi connectivity index (χ0n) is 19.5. The van der Waals surface area contributed by atoms with E-state index >= 15 is 0 Å². The lowest BCUT2D eigenvalue weighted by atomic mass is 10.0. The van der Waals surface area contributed by atoms with Gasteiger partial charge < -0.3 is 14.9 Å². The van der Waals surface area contributed by atoms with Crippen LogP contribution in [0, 0.1) is 23.0 Å². The molecule has 0 atom stereocenters. The van der Waals surface area contributed by atoms with Crippen molar-refractivity contribution in [3.05, 3.63) is 106 Å². The molecular formula is C25H23F2N5O4. The molecule has 0 saturated heterocycles. The molecule has 9 nitrogen and oxygen atoms in total. The molecule has 0 unspecified atom stereocenters. The minimum absolute atomic E-state index is 0.303. The van der Waals surface area contributed by atoms with Crippen molar-refractivity contribution in [2.24, 2.45) is 7.05 Å². The number of rotatable bonds is 4. The molecule has 0 bridgehead atoms. The van der Waals surface area contributed by atoms with Crippen LogP contribution in [-0.4, -0.2) is 25.7 Å². The smallest absolute Gasteiger partial charge is 0.296 e. The number of halogens is 2. The summed E-state index contributed by atoms with van der Waals surface area (Å²) in [5.74, 6) is -2.50. The Bertz CT molecular complexity index is 1360. The van der Waals surface area contributed by atoms with Gasteiger partial charge in [-0.15, -0.1) is 0 Å². The van der Waals surface area contributed by atoms with E-state index in [1.807, 2.05) is 24.3 Å². The van der Waals surface area contributed by atoms with Crippen LogP contribution in [0.25, 0.3) is 0 Å². The Morgan fingerprint density at radius 3 is 2.44 bits per heavy atom. The molecule has 186 valence electrons. The van der Waals surface area contributed by atoms with Crippen LogP contribution in [0.1, 0.15) is 35.0 Å². The molecule has 0 spiro atoms. The number of carbonyl (C=O) groups is 1. The van der Waals surface area contributed by atoms with E-state index in [0.29, 0.717) is 5.69 Å². The highest BCUT2D eigenvalue weighted by Gasteiger charge is 2.17. The first-order valence-electron chi connectivity index (χ1n) is 10.6. The number of aryl methyl sites for hydroxylation is 2. The van der Waals surface area contributed by atoms with E-state index < -0.39 is 28.9 Å². The lowest BCUT2D eigenvalue weighted by molar-refractivity contribution is 0.101. The van der Waals surface area contributed by atoms with Gasteiger partial charge in [-0.05, 0) is 30.2 Å². The Hall–Kier alpha value is -4.85. The lowest BCUT2D eigenvalue weighted by Gasteiger charge is -2.04. The van der Waals surface area contributed by atoms with Gasteiger partial charge in [0, 0.05) is 13.1 Å². The summed E-state index contributed by atoms with van der Waals surface area (Å²) < 4.78 is 29.4.